The Bertz CT molecular complexity index is 3050. The highest BCUT2D eigenvalue weighted by Crippen LogP contribution is 2.34. The summed E-state index contributed by atoms with van der Waals surface area (Å²) in [6, 6.07) is 19.6. The van der Waals surface area contributed by atoms with Gasteiger partial charge in [-0.15, -0.1) is 12.3 Å². The Morgan fingerprint density at radius 2 is 1.06 bits per heavy atom. The van der Waals surface area contributed by atoms with Gasteiger partial charge in [0.2, 0.25) is 43.7 Å². The fourth-order valence-corrected chi connectivity index (χ4v) is 7.28. The van der Waals surface area contributed by atoms with Gasteiger partial charge in [-0.1, -0.05) is 41.8 Å². The zero-order valence-corrected chi connectivity index (χ0v) is 38.0. The summed E-state index contributed by atoms with van der Waals surface area (Å²) in [4.78, 5) is 27.2. The van der Waals surface area contributed by atoms with Crippen LogP contribution in [0.5, 0.6) is 11.8 Å². The van der Waals surface area contributed by atoms with Crippen LogP contribution in [0.25, 0.3) is 22.1 Å². The zero-order valence-electron chi connectivity index (χ0n) is 35.6. The van der Waals surface area contributed by atoms with Crippen LogP contribution in [-0.4, -0.2) is 58.9 Å². The van der Waals surface area contributed by atoms with Crippen LogP contribution >= 0.6 is 11.6 Å². The summed E-state index contributed by atoms with van der Waals surface area (Å²) in [5.41, 5.74) is 4.84. The number of aromatic nitrogens is 6. The molecule has 0 unspecified atom stereocenters. The number of nitrogens with one attached hydrogen (secondary N) is 2. The largest absolute Gasteiger partial charge is 0.473 e. The standard InChI is InChI=1S/C23H23N5O3S.C18H18ClN5O3S.C5H6/c1-14(16-5-11-19(12-6-16)32(24,29)30)25-23-27-20-13-8-17(7-4-15-2-3-15)26-21(20)22(28-23)31-18-9-10-18;1-10(11-2-6-13(7-3-11)28(20,25)26)21-18-22-14-8-9-15(19)23-16(14)17(24-18)27-12-4-5-12;1-2-5-3-4-5/h5-6,8,11-15,18H,2-3,9-10H2,1H3,(H2,24,29,30)(H,25,27,28);2-3,6-10,12H,4-5H2,1H3,(H2,20,25,26)(H,21,22,24);1,5H,3-4H2/t14-;10-;/m11./s1. The second-order valence-corrected chi connectivity index (χ2v) is 19.9. The molecule has 19 heteroatoms. The van der Waals surface area contributed by atoms with Crippen LogP contribution in [0.4, 0.5) is 11.9 Å². The van der Waals surface area contributed by atoms with E-state index in [2.05, 4.69) is 58.3 Å². The predicted octanol–water partition coefficient (Wildman–Crippen LogP) is 7.22. The number of nitrogens with two attached hydrogens (primary N) is 2. The number of sulfonamides is 2. The molecule has 336 valence electrons. The van der Waals surface area contributed by atoms with Crippen molar-refractivity contribution in [3.8, 4) is 35.9 Å². The summed E-state index contributed by atoms with van der Waals surface area (Å²) < 4.78 is 57.7. The van der Waals surface area contributed by atoms with Gasteiger partial charge in [-0.05, 0) is 131 Å². The smallest absolute Gasteiger partial charge is 0.245 e. The normalized spacial score (nSPS) is 16.6. The third kappa shape index (κ3) is 12.8. The number of pyridine rings is 2. The van der Waals surface area contributed by atoms with Crippen molar-refractivity contribution in [1.29, 1.82) is 0 Å². The van der Waals surface area contributed by atoms with Crippen LogP contribution < -0.4 is 30.4 Å². The summed E-state index contributed by atoms with van der Waals surface area (Å²) in [5, 5.41) is 17.1. The van der Waals surface area contributed by atoms with E-state index in [1.807, 2.05) is 26.0 Å². The number of anilines is 2. The molecule has 6 aromatic rings. The van der Waals surface area contributed by atoms with E-state index >= 15 is 0 Å². The lowest BCUT2D eigenvalue weighted by molar-refractivity contribution is 0.294. The summed E-state index contributed by atoms with van der Waals surface area (Å²) in [6.07, 6.45) is 14.1. The Morgan fingerprint density at radius 3 is 1.46 bits per heavy atom. The first-order valence-corrected chi connectivity index (χ1v) is 24.7. The number of benzene rings is 2. The lowest BCUT2D eigenvalue weighted by Crippen LogP contribution is -2.13. The Kier molecular flexibility index (Phi) is 13.4. The molecule has 0 saturated heterocycles. The highest BCUT2D eigenvalue weighted by molar-refractivity contribution is 7.89. The van der Waals surface area contributed by atoms with Gasteiger partial charge in [-0.3, -0.25) is 0 Å². The molecule has 4 aliphatic carbocycles. The number of fused-ring (bicyclic) bond motifs is 2. The van der Waals surface area contributed by atoms with Crippen LogP contribution in [0.2, 0.25) is 5.15 Å². The first-order chi connectivity index (χ1) is 31.1. The molecule has 4 fully saturated rings. The molecular weight excluding hydrogens is 888 g/mol. The third-order valence-corrected chi connectivity index (χ3v) is 12.6. The number of rotatable bonds is 12. The second kappa shape index (κ2) is 19.1. The molecule has 0 bridgehead atoms. The molecule has 16 nitrogen and oxygen atoms in total. The number of halogens is 1. The number of primary sulfonamides is 2. The van der Waals surface area contributed by atoms with E-state index in [1.54, 1.807) is 36.4 Å². The van der Waals surface area contributed by atoms with Crippen molar-refractivity contribution in [3.05, 3.63) is 94.8 Å². The minimum absolute atomic E-state index is 0.0634. The average Bonchev–Trinajstić information content (AvgIpc) is 4.07. The van der Waals surface area contributed by atoms with Crippen molar-refractivity contribution < 1.29 is 26.3 Å². The molecule has 2 atom stereocenters. The number of terminal acetylenes is 1. The fraction of sp³-hybridized carbons (Fsp3) is 0.348. The summed E-state index contributed by atoms with van der Waals surface area (Å²) >= 11 is 6.00. The SMILES string of the molecule is C#CC1CC1.C[C@@H](Nc1nc(OC2CC2)c2nc(C#CC3CC3)ccc2n1)c1ccc(S(N)(=O)=O)cc1.C[C@@H](Nc1nc(OC2CC2)c2nc(Cl)ccc2n1)c1ccc(S(N)(=O)=O)cc1. The summed E-state index contributed by atoms with van der Waals surface area (Å²) in [7, 11) is -7.45. The fourth-order valence-electron chi connectivity index (χ4n) is 6.10. The predicted molar refractivity (Wildman–Crippen MR) is 248 cm³/mol. The maximum absolute atomic E-state index is 11.5. The number of nitrogens with zero attached hydrogens (tertiary/aromatic N) is 6. The van der Waals surface area contributed by atoms with Crippen LogP contribution in [0.3, 0.4) is 0 Å². The van der Waals surface area contributed by atoms with Crippen molar-refractivity contribution >= 4 is 65.6 Å². The highest BCUT2D eigenvalue weighted by Gasteiger charge is 2.28. The van der Waals surface area contributed by atoms with Gasteiger partial charge in [0.1, 0.15) is 23.1 Å². The molecule has 2 aromatic carbocycles. The summed E-state index contributed by atoms with van der Waals surface area (Å²) in [6.45, 7) is 3.86. The maximum Gasteiger partial charge on any atom is 0.245 e. The molecule has 10 rings (SSSR count). The molecule has 65 heavy (non-hydrogen) atoms. The molecule has 0 spiro atoms. The number of ether oxygens (including phenoxy) is 2. The Labute approximate surface area is 382 Å². The molecular formula is C46H47ClN10O6S2. The molecule has 0 amide bonds. The van der Waals surface area contributed by atoms with Crippen molar-refractivity contribution in [3.63, 3.8) is 0 Å². The van der Waals surface area contributed by atoms with Gasteiger partial charge >= 0.3 is 0 Å². The van der Waals surface area contributed by atoms with E-state index in [-0.39, 0.29) is 34.1 Å². The summed E-state index contributed by atoms with van der Waals surface area (Å²) in [5.74, 6) is 11.8. The topological polar surface area (TPSA) is 240 Å². The van der Waals surface area contributed by atoms with Crippen molar-refractivity contribution in [2.45, 2.75) is 99.3 Å². The van der Waals surface area contributed by atoms with E-state index in [4.69, 9.17) is 37.8 Å². The van der Waals surface area contributed by atoms with E-state index in [1.165, 1.54) is 37.1 Å². The van der Waals surface area contributed by atoms with Gasteiger partial charge in [0.25, 0.3) is 0 Å². The first-order valence-electron chi connectivity index (χ1n) is 21.2. The van der Waals surface area contributed by atoms with Gasteiger partial charge in [-0.2, -0.15) is 9.97 Å². The van der Waals surface area contributed by atoms with Crippen molar-refractivity contribution in [2.24, 2.45) is 22.1 Å². The van der Waals surface area contributed by atoms with Gasteiger partial charge < -0.3 is 20.1 Å². The Morgan fingerprint density at radius 1 is 0.615 bits per heavy atom. The van der Waals surface area contributed by atoms with Crippen LogP contribution in [0, 0.1) is 36.0 Å². The number of hydrogen-bond donors (Lipinski definition) is 4. The first kappa shape index (κ1) is 45.4. The molecule has 6 N–H and O–H groups in total. The number of hydrogen-bond acceptors (Lipinski definition) is 14. The van der Waals surface area contributed by atoms with E-state index in [0.717, 1.165) is 49.7 Å². The highest BCUT2D eigenvalue weighted by atomic mass is 35.5. The quantitative estimate of drug-likeness (QED) is 0.0700. The Hall–Kier alpha value is -6.15. The molecule has 4 aromatic heterocycles. The molecule has 4 saturated carbocycles. The average molecular weight is 936 g/mol. The Balaban J connectivity index is 0.000000161. The zero-order chi connectivity index (χ0) is 45.9. The minimum Gasteiger partial charge on any atom is -0.473 e. The lowest BCUT2D eigenvalue weighted by atomic mass is 10.1. The van der Waals surface area contributed by atoms with E-state index in [9.17, 15) is 16.8 Å². The van der Waals surface area contributed by atoms with E-state index < -0.39 is 20.0 Å². The van der Waals surface area contributed by atoms with E-state index in [0.29, 0.717) is 68.4 Å². The third-order valence-electron chi connectivity index (χ3n) is 10.5. The monoisotopic (exact) mass is 934 g/mol. The van der Waals surface area contributed by atoms with Crippen LogP contribution in [0.1, 0.15) is 94.1 Å². The van der Waals surface area contributed by atoms with Crippen LogP contribution in [-0.2, 0) is 20.0 Å². The molecule has 4 heterocycles. The molecule has 0 aliphatic heterocycles. The van der Waals surface area contributed by atoms with Crippen LogP contribution in [0.15, 0.2) is 82.6 Å². The van der Waals surface area contributed by atoms with Crippen molar-refractivity contribution in [2.75, 3.05) is 10.6 Å². The van der Waals surface area contributed by atoms with Crippen molar-refractivity contribution in [1.82, 2.24) is 29.9 Å². The lowest BCUT2D eigenvalue weighted by Gasteiger charge is -2.16. The van der Waals surface area contributed by atoms with Gasteiger partial charge in [-0.25, -0.2) is 47.0 Å². The van der Waals surface area contributed by atoms with Gasteiger partial charge in [0.05, 0.1) is 32.9 Å². The second-order valence-electron chi connectivity index (χ2n) is 16.3. The van der Waals surface area contributed by atoms with Gasteiger partial charge in [0, 0.05) is 11.8 Å². The minimum atomic E-state index is -3.73. The maximum atomic E-state index is 11.5. The molecule has 4 aliphatic rings. The van der Waals surface area contributed by atoms with Gasteiger partial charge in [0.15, 0.2) is 11.0 Å². The molecule has 0 radical (unpaired) electrons.